The van der Waals surface area contributed by atoms with Crippen molar-refractivity contribution < 1.29 is 58.2 Å². The lowest BCUT2D eigenvalue weighted by molar-refractivity contribution is -0.301. The van der Waals surface area contributed by atoms with Gasteiger partial charge in [0.15, 0.2) is 24.6 Å². The molecule has 12 heteroatoms. The van der Waals surface area contributed by atoms with Crippen LogP contribution < -0.4 is 0 Å². The van der Waals surface area contributed by atoms with Crippen LogP contribution in [0.5, 0.6) is 0 Å². The molecule has 402 valence electrons. The van der Waals surface area contributed by atoms with Crippen molar-refractivity contribution in [2.45, 2.75) is 237 Å². The summed E-state index contributed by atoms with van der Waals surface area (Å²) in [4.78, 5) is 50.9. The molecular formula is C59H94O12. The summed E-state index contributed by atoms with van der Waals surface area (Å²) in [6.45, 7) is 5.67. The number of carbonyl (C=O) groups excluding carboxylic acids is 3. The second-order valence-corrected chi connectivity index (χ2v) is 18.1. The van der Waals surface area contributed by atoms with Gasteiger partial charge in [0, 0.05) is 12.8 Å². The van der Waals surface area contributed by atoms with Crippen molar-refractivity contribution in [3.63, 3.8) is 0 Å². The highest BCUT2D eigenvalue weighted by molar-refractivity contribution is 5.74. The molecule has 71 heavy (non-hydrogen) atoms. The normalized spacial score (nSPS) is 19.3. The zero-order valence-electron chi connectivity index (χ0n) is 43.9. The summed E-state index contributed by atoms with van der Waals surface area (Å²) in [7, 11) is 0. The monoisotopic (exact) mass is 995 g/mol. The number of aliphatic carboxylic acids is 1. The summed E-state index contributed by atoms with van der Waals surface area (Å²) < 4.78 is 28.2. The van der Waals surface area contributed by atoms with Crippen molar-refractivity contribution in [2.75, 3.05) is 13.2 Å². The van der Waals surface area contributed by atoms with E-state index < -0.39 is 67.3 Å². The Morgan fingerprint density at radius 3 is 1.42 bits per heavy atom. The molecule has 3 N–H and O–H groups in total. The Labute approximate surface area is 428 Å². The maximum Gasteiger partial charge on any atom is 0.335 e. The predicted molar refractivity (Wildman–Crippen MR) is 284 cm³/mol. The van der Waals surface area contributed by atoms with E-state index in [1.165, 1.54) is 44.9 Å². The van der Waals surface area contributed by atoms with E-state index in [0.717, 1.165) is 96.3 Å². The molecule has 0 aliphatic carbocycles. The Balaban J connectivity index is 2.78. The molecule has 1 saturated heterocycles. The quantitative estimate of drug-likeness (QED) is 0.0228. The molecule has 0 bridgehead atoms. The number of unbranched alkanes of at least 4 members (excludes halogenated alkanes) is 15. The number of rotatable bonds is 44. The fourth-order valence-corrected chi connectivity index (χ4v) is 7.57. The Hall–Kier alpha value is -4.36. The van der Waals surface area contributed by atoms with E-state index in [0.29, 0.717) is 19.3 Å². The SMILES string of the molecule is CC/C=C\C/C=C\C/C=C\C/C=C\C/C=C\CC(=O)OC1C(OCC(COC(=O)CCCCCCC/C=C\C/C=C\C/C=C\CC)OC(=O)CCCCCCCCCCCCC)OC(C(=O)O)C(O)C1O. The number of allylic oxidation sites excluding steroid dienone is 15. The molecular weight excluding hydrogens is 901 g/mol. The maximum atomic E-state index is 13.1. The van der Waals surface area contributed by atoms with Gasteiger partial charge < -0.3 is 39.0 Å². The number of hydrogen-bond donors (Lipinski definition) is 3. The Bertz CT molecular complexity index is 1610. The fourth-order valence-electron chi connectivity index (χ4n) is 7.57. The molecule has 1 aliphatic heterocycles. The topological polar surface area (TPSA) is 175 Å². The van der Waals surface area contributed by atoms with E-state index in [4.69, 9.17) is 23.7 Å². The number of aliphatic hydroxyl groups excluding tert-OH is 2. The second-order valence-electron chi connectivity index (χ2n) is 18.1. The third-order valence-electron chi connectivity index (χ3n) is 11.7. The molecule has 1 aliphatic rings. The van der Waals surface area contributed by atoms with Gasteiger partial charge in [-0.15, -0.1) is 0 Å². The predicted octanol–water partition coefficient (Wildman–Crippen LogP) is 13.3. The van der Waals surface area contributed by atoms with Gasteiger partial charge in [0.1, 0.15) is 18.8 Å². The first-order chi connectivity index (χ1) is 34.6. The molecule has 0 aromatic rings. The van der Waals surface area contributed by atoms with Crippen molar-refractivity contribution >= 4 is 23.9 Å². The third kappa shape index (κ3) is 37.1. The van der Waals surface area contributed by atoms with E-state index in [9.17, 15) is 34.5 Å². The fraction of sp³-hybridized carbons (Fsp3) is 0.661. The standard InChI is InChI=1S/C59H94O12/c1-4-7-10-13-16-19-22-24-26-28-31-33-36-39-42-45-51(60)67-48-50(69-52(61)46-43-40-37-34-30-21-18-15-12-9-6-3)49-68-59-57(55(64)54(63)56(71-59)58(65)66)70-53(62)47-44-41-38-35-32-29-27-25-23-20-17-14-11-8-5-2/h7-8,10-11,16-17,19-20,24-27,32,35,41,44,50,54-57,59,63-64H,4-6,9,12-15,18,21-23,28-31,33-34,36-40,42-43,45-49H2,1-3H3,(H,65,66)/b10-7-,11-8-,19-16-,20-17-,26-24-,27-25-,35-32-,44-41-. The van der Waals surface area contributed by atoms with E-state index in [1.54, 1.807) is 12.2 Å². The Morgan fingerprint density at radius 2 is 0.930 bits per heavy atom. The van der Waals surface area contributed by atoms with Crippen LogP contribution in [0.3, 0.4) is 0 Å². The maximum absolute atomic E-state index is 13.1. The molecule has 1 fully saturated rings. The molecule has 6 atom stereocenters. The number of carboxylic acids is 1. The summed E-state index contributed by atoms with van der Waals surface area (Å²) in [5, 5.41) is 31.3. The summed E-state index contributed by atoms with van der Waals surface area (Å²) in [5.41, 5.74) is 0. The molecule has 1 heterocycles. The van der Waals surface area contributed by atoms with Crippen LogP contribution in [0.15, 0.2) is 97.2 Å². The highest BCUT2D eigenvalue weighted by atomic mass is 16.7. The lowest BCUT2D eigenvalue weighted by Crippen LogP contribution is -2.61. The minimum absolute atomic E-state index is 0.146. The summed E-state index contributed by atoms with van der Waals surface area (Å²) >= 11 is 0. The number of carbonyl (C=O) groups is 4. The number of hydrogen-bond acceptors (Lipinski definition) is 11. The van der Waals surface area contributed by atoms with Gasteiger partial charge in [0.2, 0.25) is 0 Å². The van der Waals surface area contributed by atoms with Crippen molar-refractivity contribution in [2.24, 2.45) is 0 Å². The van der Waals surface area contributed by atoms with Crippen LogP contribution in [0.2, 0.25) is 0 Å². The third-order valence-corrected chi connectivity index (χ3v) is 11.7. The molecule has 0 aromatic carbocycles. The molecule has 12 nitrogen and oxygen atoms in total. The van der Waals surface area contributed by atoms with Crippen LogP contribution in [-0.2, 0) is 42.9 Å². The van der Waals surface area contributed by atoms with E-state index in [1.807, 2.05) is 12.2 Å². The van der Waals surface area contributed by atoms with E-state index in [-0.39, 0.29) is 25.9 Å². The first-order valence-corrected chi connectivity index (χ1v) is 27.2. The molecule has 0 saturated carbocycles. The zero-order chi connectivity index (χ0) is 51.8. The minimum Gasteiger partial charge on any atom is -0.479 e. The molecule has 1 rings (SSSR count). The minimum atomic E-state index is -1.94. The second kappa shape index (κ2) is 46.7. The Morgan fingerprint density at radius 1 is 0.493 bits per heavy atom. The first-order valence-electron chi connectivity index (χ1n) is 27.2. The van der Waals surface area contributed by atoms with Gasteiger partial charge in [0.25, 0.3) is 0 Å². The van der Waals surface area contributed by atoms with Gasteiger partial charge in [-0.1, -0.05) is 201 Å². The average Bonchev–Trinajstić information content (AvgIpc) is 3.35. The molecule has 0 aromatic heterocycles. The summed E-state index contributed by atoms with van der Waals surface area (Å²) in [6, 6.07) is 0. The number of ether oxygens (including phenoxy) is 5. The largest absolute Gasteiger partial charge is 0.479 e. The molecule has 0 radical (unpaired) electrons. The highest BCUT2D eigenvalue weighted by Crippen LogP contribution is 2.26. The number of carboxylic acid groups (broad SMARTS) is 1. The van der Waals surface area contributed by atoms with Crippen molar-refractivity contribution in [1.82, 2.24) is 0 Å². The van der Waals surface area contributed by atoms with Crippen LogP contribution in [0.25, 0.3) is 0 Å². The summed E-state index contributed by atoms with van der Waals surface area (Å²) in [5.74, 6) is -3.31. The molecule has 6 unspecified atom stereocenters. The van der Waals surface area contributed by atoms with Crippen LogP contribution in [0.4, 0.5) is 0 Å². The Kier molecular flexibility index (Phi) is 42.5. The molecule has 0 amide bonds. The van der Waals surface area contributed by atoms with Crippen LogP contribution in [0, 0.1) is 0 Å². The van der Waals surface area contributed by atoms with Gasteiger partial charge in [-0.2, -0.15) is 0 Å². The van der Waals surface area contributed by atoms with Gasteiger partial charge in [-0.25, -0.2) is 4.79 Å². The van der Waals surface area contributed by atoms with Gasteiger partial charge in [-0.05, 0) is 77.0 Å². The number of esters is 3. The van der Waals surface area contributed by atoms with E-state index >= 15 is 0 Å². The average molecular weight is 995 g/mol. The highest BCUT2D eigenvalue weighted by Gasteiger charge is 2.50. The first kappa shape index (κ1) is 64.7. The van der Waals surface area contributed by atoms with Crippen LogP contribution >= 0.6 is 0 Å². The smallest absolute Gasteiger partial charge is 0.335 e. The van der Waals surface area contributed by atoms with Crippen molar-refractivity contribution in [3.05, 3.63) is 97.2 Å². The van der Waals surface area contributed by atoms with Gasteiger partial charge in [-0.3, -0.25) is 14.4 Å². The van der Waals surface area contributed by atoms with Crippen molar-refractivity contribution in [1.29, 1.82) is 0 Å². The number of aliphatic hydroxyl groups is 2. The van der Waals surface area contributed by atoms with Gasteiger partial charge >= 0.3 is 23.9 Å². The lowest BCUT2D eigenvalue weighted by atomic mass is 9.98. The zero-order valence-corrected chi connectivity index (χ0v) is 43.9. The van der Waals surface area contributed by atoms with Crippen molar-refractivity contribution in [3.8, 4) is 0 Å². The van der Waals surface area contributed by atoms with Crippen LogP contribution in [-0.4, -0.2) is 89.2 Å². The summed E-state index contributed by atoms with van der Waals surface area (Å²) in [6.07, 6.45) is 48.4. The van der Waals surface area contributed by atoms with Crippen LogP contribution in [0.1, 0.15) is 201 Å². The molecule has 0 spiro atoms. The van der Waals surface area contributed by atoms with Gasteiger partial charge in [0.05, 0.1) is 13.0 Å². The van der Waals surface area contributed by atoms with E-state index in [2.05, 4.69) is 93.7 Å². The lowest BCUT2D eigenvalue weighted by Gasteiger charge is -2.40.